The van der Waals surface area contributed by atoms with Crippen LogP contribution in [0.4, 0.5) is 4.79 Å². The number of aromatic nitrogens is 1. The van der Waals surface area contributed by atoms with E-state index in [0.29, 0.717) is 0 Å². The Bertz CT molecular complexity index is 1430. The molecule has 0 saturated heterocycles. The number of amides is 1. The van der Waals surface area contributed by atoms with Gasteiger partial charge in [-0.2, -0.15) is 0 Å². The summed E-state index contributed by atoms with van der Waals surface area (Å²) in [6.07, 6.45) is -0.654. The molecule has 1 aliphatic carbocycles. The molecule has 4 aromatic rings. The summed E-state index contributed by atoms with van der Waals surface area (Å²) in [5, 5.41) is 22.0. The predicted molar refractivity (Wildman–Crippen MR) is 140 cm³/mol. The number of rotatable bonds is 7. The number of benzene rings is 3. The molecule has 0 saturated carbocycles. The zero-order valence-corrected chi connectivity index (χ0v) is 20.6. The number of phenolic OH excluding ortho intramolecular Hbond substituents is 1. The van der Waals surface area contributed by atoms with Crippen LogP contribution >= 0.6 is 0 Å². The molecule has 7 heteroatoms. The zero-order valence-electron chi connectivity index (χ0n) is 20.6. The van der Waals surface area contributed by atoms with E-state index in [0.717, 1.165) is 44.9 Å². The third kappa shape index (κ3) is 4.68. The molecule has 5 rings (SSSR count). The lowest BCUT2D eigenvalue weighted by molar-refractivity contribution is -0.139. The Morgan fingerprint density at radius 2 is 1.54 bits per heavy atom. The van der Waals surface area contributed by atoms with Crippen LogP contribution in [0.3, 0.4) is 0 Å². The predicted octanol–water partition coefficient (Wildman–Crippen LogP) is 5.33. The fraction of sp³-hybridized carbons (Fsp3) is 0.200. The standard InChI is InChI=1S/C30H28N2O5/c1-18-15-20(19(2)32(18)21-11-13-22(33)14-12-21)16-28(29(34)35)31-30(36)37-17-27-25-9-5-3-7-23(25)24-8-4-6-10-26(24)27/h3-15,27-28,33H,16-17H2,1-2H3,(H,31,36)(H,34,35). The largest absolute Gasteiger partial charge is 0.508 e. The van der Waals surface area contributed by atoms with Crippen molar-refractivity contribution >= 4 is 12.1 Å². The number of fused-ring (bicyclic) bond motifs is 3. The Morgan fingerprint density at radius 1 is 0.946 bits per heavy atom. The molecular formula is C30H28N2O5. The van der Waals surface area contributed by atoms with Crippen LogP contribution in [0, 0.1) is 13.8 Å². The second-order valence-electron chi connectivity index (χ2n) is 9.31. The molecule has 7 nitrogen and oxygen atoms in total. The van der Waals surface area contributed by atoms with Gasteiger partial charge in [-0.25, -0.2) is 9.59 Å². The SMILES string of the molecule is Cc1cc(CC(NC(=O)OCC2c3ccccc3-c3ccccc32)C(=O)O)c(C)n1-c1ccc(O)cc1. The monoisotopic (exact) mass is 496 g/mol. The molecule has 3 N–H and O–H groups in total. The quantitative estimate of drug-likeness (QED) is 0.321. The van der Waals surface area contributed by atoms with Gasteiger partial charge in [0.05, 0.1) is 0 Å². The number of aryl methyl sites for hydroxylation is 1. The summed E-state index contributed by atoms with van der Waals surface area (Å²) in [6, 6.07) is 23.7. The number of carboxylic acid groups (broad SMARTS) is 1. The minimum Gasteiger partial charge on any atom is -0.508 e. The number of carbonyl (C=O) groups excluding carboxylic acids is 1. The Hall–Kier alpha value is -4.52. The minimum absolute atomic E-state index is 0.106. The topological polar surface area (TPSA) is 101 Å². The maximum Gasteiger partial charge on any atom is 0.407 e. The zero-order chi connectivity index (χ0) is 26.1. The molecule has 1 aliphatic rings. The van der Waals surface area contributed by atoms with Crippen LogP contribution in [0.2, 0.25) is 0 Å². The normalized spacial score (nSPS) is 13.0. The number of nitrogens with one attached hydrogen (secondary N) is 1. The Morgan fingerprint density at radius 3 is 2.14 bits per heavy atom. The van der Waals surface area contributed by atoms with Crippen LogP contribution in [0.15, 0.2) is 78.9 Å². The molecule has 1 atom stereocenters. The summed E-state index contributed by atoms with van der Waals surface area (Å²) in [6.45, 7) is 3.95. The highest BCUT2D eigenvalue weighted by Gasteiger charge is 2.30. The summed E-state index contributed by atoms with van der Waals surface area (Å²) >= 11 is 0. The maximum atomic E-state index is 12.7. The molecule has 37 heavy (non-hydrogen) atoms. The van der Waals surface area contributed by atoms with E-state index in [1.165, 1.54) is 0 Å². The smallest absolute Gasteiger partial charge is 0.407 e. The first-order chi connectivity index (χ1) is 17.8. The molecular weight excluding hydrogens is 468 g/mol. The second-order valence-corrected chi connectivity index (χ2v) is 9.31. The van der Waals surface area contributed by atoms with Gasteiger partial charge in [-0.05, 0) is 72.0 Å². The van der Waals surface area contributed by atoms with E-state index in [-0.39, 0.29) is 24.7 Å². The van der Waals surface area contributed by atoms with Gasteiger partial charge in [0.2, 0.25) is 0 Å². The van der Waals surface area contributed by atoms with Crippen molar-refractivity contribution in [1.82, 2.24) is 9.88 Å². The third-order valence-corrected chi connectivity index (χ3v) is 7.00. The van der Waals surface area contributed by atoms with E-state index in [9.17, 15) is 19.8 Å². The van der Waals surface area contributed by atoms with Gasteiger partial charge in [-0.1, -0.05) is 48.5 Å². The maximum absolute atomic E-state index is 12.7. The number of phenols is 1. The number of carboxylic acids is 1. The summed E-state index contributed by atoms with van der Waals surface area (Å²) in [5.41, 5.74) is 7.87. The van der Waals surface area contributed by atoms with Crippen LogP contribution in [-0.4, -0.2) is 39.5 Å². The fourth-order valence-electron chi connectivity index (χ4n) is 5.24. The average Bonchev–Trinajstić information content (AvgIpc) is 3.36. The van der Waals surface area contributed by atoms with E-state index in [2.05, 4.69) is 17.4 Å². The number of aliphatic carboxylic acids is 1. The summed E-state index contributed by atoms with van der Waals surface area (Å²) in [5.74, 6) is -1.07. The van der Waals surface area contributed by atoms with Gasteiger partial charge in [-0.3, -0.25) is 0 Å². The molecule has 1 unspecified atom stereocenters. The second kappa shape index (κ2) is 9.85. The van der Waals surface area contributed by atoms with Crippen molar-refractivity contribution in [3.05, 3.63) is 107 Å². The van der Waals surface area contributed by atoms with E-state index in [4.69, 9.17) is 4.74 Å². The van der Waals surface area contributed by atoms with Crippen LogP contribution in [0.5, 0.6) is 5.75 Å². The number of ether oxygens (including phenoxy) is 1. The Labute approximate surface area is 215 Å². The van der Waals surface area contributed by atoms with Crippen LogP contribution in [0.1, 0.15) is 34.0 Å². The van der Waals surface area contributed by atoms with Crippen LogP contribution in [-0.2, 0) is 16.0 Å². The third-order valence-electron chi connectivity index (χ3n) is 7.00. The lowest BCUT2D eigenvalue weighted by Crippen LogP contribution is -2.43. The van der Waals surface area contributed by atoms with E-state index < -0.39 is 18.1 Å². The lowest BCUT2D eigenvalue weighted by Gasteiger charge is -2.18. The average molecular weight is 497 g/mol. The number of alkyl carbamates (subject to hydrolysis) is 1. The summed E-state index contributed by atoms with van der Waals surface area (Å²) < 4.78 is 7.54. The van der Waals surface area contributed by atoms with Crippen molar-refractivity contribution in [3.8, 4) is 22.6 Å². The van der Waals surface area contributed by atoms with Crippen molar-refractivity contribution < 1.29 is 24.5 Å². The van der Waals surface area contributed by atoms with Crippen molar-refractivity contribution in [2.45, 2.75) is 32.2 Å². The van der Waals surface area contributed by atoms with Gasteiger partial charge in [0, 0.05) is 29.4 Å². The summed E-state index contributed by atoms with van der Waals surface area (Å²) in [4.78, 5) is 24.7. The van der Waals surface area contributed by atoms with Gasteiger partial charge >= 0.3 is 12.1 Å². The summed E-state index contributed by atoms with van der Waals surface area (Å²) in [7, 11) is 0. The van der Waals surface area contributed by atoms with Gasteiger partial charge < -0.3 is 24.8 Å². The van der Waals surface area contributed by atoms with Crippen molar-refractivity contribution in [3.63, 3.8) is 0 Å². The molecule has 0 aliphatic heterocycles. The van der Waals surface area contributed by atoms with Crippen LogP contribution < -0.4 is 5.32 Å². The number of hydrogen-bond donors (Lipinski definition) is 3. The van der Waals surface area contributed by atoms with E-state index in [1.54, 1.807) is 24.3 Å². The Kier molecular flexibility index (Phi) is 6.44. The van der Waals surface area contributed by atoms with E-state index in [1.807, 2.05) is 60.9 Å². The van der Waals surface area contributed by atoms with Crippen molar-refractivity contribution in [1.29, 1.82) is 0 Å². The fourth-order valence-corrected chi connectivity index (χ4v) is 5.24. The molecule has 0 bridgehead atoms. The van der Waals surface area contributed by atoms with Gasteiger partial charge in [0.25, 0.3) is 0 Å². The molecule has 3 aromatic carbocycles. The van der Waals surface area contributed by atoms with Crippen molar-refractivity contribution in [2.24, 2.45) is 0 Å². The first kappa shape index (κ1) is 24.2. The first-order valence-corrected chi connectivity index (χ1v) is 12.1. The van der Waals surface area contributed by atoms with Gasteiger partial charge in [0.15, 0.2) is 0 Å². The van der Waals surface area contributed by atoms with Gasteiger partial charge in [-0.15, -0.1) is 0 Å². The molecule has 188 valence electrons. The molecule has 1 heterocycles. The number of nitrogens with zero attached hydrogens (tertiary/aromatic N) is 1. The highest BCUT2D eigenvalue weighted by Crippen LogP contribution is 2.44. The first-order valence-electron chi connectivity index (χ1n) is 12.1. The van der Waals surface area contributed by atoms with E-state index >= 15 is 0 Å². The highest BCUT2D eigenvalue weighted by molar-refractivity contribution is 5.81. The van der Waals surface area contributed by atoms with Gasteiger partial charge in [0.1, 0.15) is 18.4 Å². The molecule has 0 fully saturated rings. The number of carbonyl (C=O) groups is 2. The van der Waals surface area contributed by atoms with Crippen LogP contribution in [0.25, 0.3) is 16.8 Å². The molecule has 1 aromatic heterocycles. The Balaban J connectivity index is 1.28. The molecule has 0 spiro atoms. The molecule has 0 radical (unpaired) electrons. The number of hydrogen-bond acceptors (Lipinski definition) is 4. The minimum atomic E-state index is -1.15. The van der Waals surface area contributed by atoms with Crippen molar-refractivity contribution in [2.75, 3.05) is 6.61 Å². The highest BCUT2D eigenvalue weighted by atomic mass is 16.5. The molecule has 1 amide bonds. The lowest BCUT2D eigenvalue weighted by atomic mass is 9.98. The number of aromatic hydroxyl groups is 1.